The van der Waals surface area contributed by atoms with Crippen LogP contribution >= 0.6 is 0 Å². The van der Waals surface area contributed by atoms with Gasteiger partial charge in [-0.05, 0) is 52.1 Å². The van der Waals surface area contributed by atoms with Crippen LogP contribution in [0.15, 0.2) is 0 Å². The molecule has 2 unspecified atom stereocenters. The molecule has 2 atom stereocenters. The summed E-state index contributed by atoms with van der Waals surface area (Å²) in [4.78, 5) is 2.49. The summed E-state index contributed by atoms with van der Waals surface area (Å²) < 4.78 is 6.41. The van der Waals surface area contributed by atoms with E-state index in [1.165, 1.54) is 64.3 Å². The maximum atomic E-state index is 6.41. The van der Waals surface area contributed by atoms with Crippen molar-refractivity contribution in [3.05, 3.63) is 0 Å². The van der Waals surface area contributed by atoms with Crippen molar-refractivity contribution in [1.82, 2.24) is 10.2 Å². The molecule has 3 heteroatoms. The molecule has 0 aromatic heterocycles. The Kier molecular flexibility index (Phi) is 4.45. The first-order chi connectivity index (χ1) is 9.27. The first-order valence-corrected chi connectivity index (χ1v) is 8.36. The van der Waals surface area contributed by atoms with Gasteiger partial charge >= 0.3 is 0 Å². The predicted molar refractivity (Wildman–Crippen MR) is 78.4 cm³/mol. The number of likely N-dealkylation sites (N-methyl/N-ethyl adjacent to an activating group) is 1. The Morgan fingerprint density at radius 2 is 1.89 bits per heavy atom. The SMILES string of the molecule is CN1CCCC1CNCC1CCC2(CCCCC2)O1. The molecule has 0 bridgehead atoms. The first kappa shape index (κ1) is 13.8. The maximum absolute atomic E-state index is 6.41. The smallest absolute Gasteiger partial charge is 0.0708 e. The molecule has 1 saturated carbocycles. The van der Waals surface area contributed by atoms with E-state index in [2.05, 4.69) is 17.3 Å². The summed E-state index contributed by atoms with van der Waals surface area (Å²) in [5.41, 5.74) is 0.286. The summed E-state index contributed by atoms with van der Waals surface area (Å²) in [7, 11) is 2.25. The third-order valence-electron chi connectivity index (χ3n) is 5.53. The number of hydrogen-bond donors (Lipinski definition) is 1. The molecule has 0 amide bonds. The summed E-state index contributed by atoms with van der Waals surface area (Å²) in [6, 6.07) is 0.755. The summed E-state index contributed by atoms with van der Waals surface area (Å²) in [6.45, 7) is 3.48. The monoisotopic (exact) mass is 266 g/mol. The van der Waals surface area contributed by atoms with Crippen molar-refractivity contribution in [2.75, 3.05) is 26.7 Å². The van der Waals surface area contributed by atoms with E-state index in [9.17, 15) is 0 Å². The average molecular weight is 266 g/mol. The second-order valence-corrected chi connectivity index (χ2v) is 6.96. The topological polar surface area (TPSA) is 24.5 Å². The van der Waals surface area contributed by atoms with Crippen LogP contribution in [-0.2, 0) is 4.74 Å². The van der Waals surface area contributed by atoms with Gasteiger partial charge in [-0.25, -0.2) is 0 Å². The third-order valence-corrected chi connectivity index (χ3v) is 5.53. The molecule has 0 radical (unpaired) electrons. The lowest BCUT2D eigenvalue weighted by Gasteiger charge is -2.33. The number of ether oxygens (including phenoxy) is 1. The van der Waals surface area contributed by atoms with E-state index in [4.69, 9.17) is 4.74 Å². The minimum absolute atomic E-state index is 0.286. The maximum Gasteiger partial charge on any atom is 0.0708 e. The van der Waals surface area contributed by atoms with Gasteiger partial charge in [0.2, 0.25) is 0 Å². The summed E-state index contributed by atoms with van der Waals surface area (Å²) in [6.07, 6.45) is 12.6. The second-order valence-electron chi connectivity index (χ2n) is 6.96. The minimum Gasteiger partial charge on any atom is -0.370 e. The minimum atomic E-state index is 0.286. The van der Waals surface area contributed by atoms with E-state index < -0.39 is 0 Å². The van der Waals surface area contributed by atoms with E-state index in [1.54, 1.807) is 0 Å². The molecule has 1 aliphatic carbocycles. The summed E-state index contributed by atoms with van der Waals surface area (Å²) >= 11 is 0. The van der Waals surface area contributed by atoms with Gasteiger partial charge in [-0.2, -0.15) is 0 Å². The Bertz CT molecular complexity index is 288. The lowest BCUT2D eigenvalue weighted by molar-refractivity contribution is -0.0624. The van der Waals surface area contributed by atoms with Crippen LogP contribution in [0.1, 0.15) is 57.8 Å². The number of rotatable bonds is 4. The van der Waals surface area contributed by atoms with Gasteiger partial charge in [-0.15, -0.1) is 0 Å². The molecule has 1 spiro atoms. The summed E-state index contributed by atoms with van der Waals surface area (Å²) in [5, 5.41) is 3.66. The number of hydrogen-bond acceptors (Lipinski definition) is 3. The van der Waals surface area contributed by atoms with Gasteiger partial charge in [0.15, 0.2) is 0 Å². The molecule has 3 nitrogen and oxygen atoms in total. The molecule has 19 heavy (non-hydrogen) atoms. The highest BCUT2D eigenvalue weighted by Gasteiger charge is 2.40. The zero-order valence-corrected chi connectivity index (χ0v) is 12.5. The Hall–Kier alpha value is -0.120. The van der Waals surface area contributed by atoms with Gasteiger partial charge in [0.25, 0.3) is 0 Å². The van der Waals surface area contributed by atoms with Crippen LogP contribution in [0.4, 0.5) is 0 Å². The molecular formula is C16H30N2O. The van der Waals surface area contributed by atoms with Crippen LogP contribution in [0.3, 0.4) is 0 Å². The fourth-order valence-electron chi connectivity index (χ4n) is 4.25. The lowest BCUT2D eigenvalue weighted by Crippen LogP contribution is -2.39. The predicted octanol–water partition coefficient (Wildman–Crippen LogP) is 2.55. The van der Waals surface area contributed by atoms with Crippen LogP contribution in [0.5, 0.6) is 0 Å². The lowest BCUT2D eigenvalue weighted by atomic mass is 9.83. The van der Waals surface area contributed by atoms with E-state index in [0.717, 1.165) is 19.1 Å². The van der Waals surface area contributed by atoms with Gasteiger partial charge in [0.1, 0.15) is 0 Å². The molecule has 3 rings (SSSR count). The Labute approximate surface area is 118 Å². The number of nitrogens with one attached hydrogen (secondary N) is 1. The van der Waals surface area contributed by atoms with E-state index in [0.29, 0.717) is 6.10 Å². The molecule has 3 fully saturated rings. The van der Waals surface area contributed by atoms with Gasteiger partial charge < -0.3 is 15.0 Å². The van der Waals surface area contributed by atoms with Crippen molar-refractivity contribution in [2.45, 2.75) is 75.5 Å². The van der Waals surface area contributed by atoms with Gasteiger partial charge in [0, 0.05) is 19.1 Å². The van der Waals surface area contributed by atoms with Crippen LogP contribution in [0.25, 0.3) is 0 Å². The van der Waals surface area contributed by atoms with E-state index >= 15 is 0 Å². The van der Waals surface area contributed by atoms with Gasteiger partial charge in [-0.1, -0.05) is 19.3 Å². The van der Waals surface area contributed by atoms with Gasteiger partial charge in [0.05, 0.1) is 11.7 Å². The molecule has 1 N–H and O–H groups in total. The normalized spacial score (nSPS) is 35.2. The fourth-order valence-corrected chi connectivity index (χ4v) is 4.25. The molecule has 2 heterocycles. The van der Waals surface area contributed by atoms with E-state index in [1.807, 2.05) is 0 Å². The zero-order chi connectivity index (χ0) is 13.1. The fraction of sp³-hybridized carbons (Fsp3) is 1.00. The average Bonchev–Trinajstić information content (AvgIpc) is 2.99. The molecule has 0 aromatic rings. The van der Waals surface area contributed by atoms with Crippen molar-refractivity contribution in [2.24, 2.45) is 0 Å². The standard InChI is InChI=1S/C16H30N2O/c1-18-11-5-6-14(18)12-17-13-15-7-10-16(19-15)8-3-2-4-9-16/h14-15,17H,2-13H2,1H3. The van der Waals surface area contributed by atoms with Gasteiger partial charge in [-0.3, -0.25) is 0 Å². The quantitative estimate of drug-likeness (QED) is 0.846. The van der Waals surface area contributed by atoms with Crippen molar-refractivity contribution < 1.29 is 4.74 Å². The van der Waals surface area contributed by atoms with Crippen LogP contribution in [0.2, 0.25) is 0 Å². The first-order valence-electron chi connectivity index (χ1n) is 8.36. The molecule has 110 valence electrons. The summed E-state index contributed by atoms with van der Waals surface area (Å²) in [5.74, 6) is 0. The van der Waals surface area contributed by atoms with Crippen molar-refractivity contribution in [3.8, 4) is 0 Å². The van der Waals surface area contributed by atoms with Crippen molar-refractivity contribution >= 4 is 0 Å². The largest absolute Gasteiger partial charge is 0.370 e. The highest BCUT2D eigenvalue weighted by atomic mass is 16.5. The van der Waals surface area contributed by atoms with Crippen molar-refractivity contribution in [3.63, 3.8) is 0 Å². The molecule has 0 aromatic carbocycles. The zero-order valence-electron chi connectivity index (χ0n) is 12.5. The molecule has 2 saturated heterocycles. The number of likely N-dealkylation sites (tertiary alicyclic amines) is 1. The van der Waals surface area contributed by atoms with E-state index in [-0.39, 0.29) is 5.60 Å². The third kappa shape index (κ3) is 3.32. The van der Waals surface area contributed by atoms with Crippen LogP contribution < -0.4 is 5.32 Å². The van der Waals surface area contributed by atoms with Crippen LogP contribution in [-0.4, -0.2) is 49.3 Å². The molecular weight excluding hydrogens is 236 g/mol. The second kappa shape index (κ2) is 6.11. The molecule has 3 aliphatic rings. The van der Waals surface area contributed by atoms with Crippen LogP contribution in [0, 0.1) is 0 Å². The number of nitrogens with zero attached hydrogens (tertiary/aromatic N) is 1. The van der Waals surface area contributed by atoms with Crippen molar-refractivity contribution in [1.29, 1.82) is 0 Å². The Morgan fingerprint density at radius 1 is 1.05 bits per heavy atom. The Balaban J connectivity index is 1.37. The Morgan fingerprint density at radius 3 is 2.63 bits per heavy atom. The highest BCUT2D eigenvalue weighted by molar-refractivity contribution is 4.92. The highest BCUT2D eigenvalue weighted by Crippen LogP contribution is 2.41. The molecule has 2 aliphatic heterocycles.